The minimum Gasteiger partial charge on any atom is -0.326 e. The molecule has 0 aliphatic carbocycles. The Bertz CT molecular complexity index is 1250. The number of benzene rings is 2. The maximum Gasteiger partial charge on any atom is 0.245 e. The van der Waals surface area contributed by atoms with Gasteiger partial charge in [-0.05, 0) is 61.6 Å². The van der Waals surface area contributed by atoms with Gasteiger partial charge >= 0.3 is 0 Å². The van der Waals surface area contributed by atoms with Crippen LogP contribution in [0.5, 0.6) is 0 Å². The molecule has 1 fully saturated rings. The van der Waals surface area contributed by atoms with E-state index in [2.05, 4.69) is 21.2 Å². The van der Waals surface area contributed by atoms with Crippen molar-refractivity contribution in [2.75, 3.05) is 29.9 Å². The van der Waals surface area contributed by atoms with E-state index in [1.807, 2.05) is 19.1 Å². The molecule has 2 amide bonds. The van der Waals surface area contributed by atoms with E-state index >= 15 is 0 Å². The molecule has 182 valence electrons. The van der Waals surface area contributed by atoms with E-state index in [0.29, 0.717) is 59.6 Å². The van der Waals surface area contributed by atoms with Gasteiger partial charge in [-0.25, -0.2) is 8.42 Å². The molecule has 2 aromatic rings. The molecule has 1 saturated heterocycles. The molecule has 34 heavy (non-hydrogen) atoms. The second-order valence-corrected chi connectivity index (χ2v) is 11.9. The summed E-state index contributed by atoms with van der Waals surface area (Å²) < 4.78 is 29.6. The minimum absolute atomic E-state index is 0.0801. The molecule has 2 aliphatic heterocycles. The van der Waals surface area contributed by atoms with Crippen molar-refractivity contribution in [3.8, 4) is 0 Å². The van der Waals surface area contributed by atoms with E-state index in [4.69, 9.17) is 11.6 Å². The first-order valence-corrected chi connectivity index (χ1v) is 13.9. The van der Waals surface area contributed by atoms with Crippen LogP contribution in [0, 0.1) is 12.8 Å². The fraction of sp³-hybridized carbons (Fsp3) is 0.417. The SMILES string of the molecule is CCC(=O)N1CCc2cc(Br)cc(S(=O)(=O)N3CCCC(C(=O)Nc4ccc(C)c(Cl)c4)C3)c21. The standard InChI is InChI=1S/C24H27BrClN3O4S/c1-3-22(30)29-10-8-16-11-18(25)12-21(23(16)29)34(32,33)28-9-4-5-17(14-28)24(31)27-19-7-6-15(2)20(26)13-19/h6-7,11-13,17H,3-5,8-10,14H2,1-2H3,(H,27,31). The molecule has 7 nitrogen and oxygen atoms in total. The van der Waals surface area contributed by atoms with E-state index in [1.165, 1.54) is 4.31 Å². The average molecular weight is 569 g/mol. The van der Waals surface area contributed by atoms with E-state index in [1.54, 1.807) is 30.0 Å². The number of carbonyl (C=O) groups is 2. The van der Waals surface area contributed by atoms with Gasteiger partial charge in [0.1, 0.15) is 4.90 Å². The van der Waals surface area contributed by atoms with Crippen LogP contribution in [0.1, 0.15) is 37.3 Å². The number of amides is 2. The van der Waals surface area contributed by atoms with Crippen LogP contribution in [-0.2, 0) is 26.0 Å². The summed E-state index contributed by atoms with van der Waals surface area (Å²) in [6.07, 6.45) is 2.06. The topological polar surface area (TPSA) is 86.8 Å². The fourth-order valence-electron chi connectivity index (χ4n) is 4.53. The van der Waals surface area contributed by atoms with Crippen LogP contribution in [0.3, 0.4) is 0 Å². The number of nitrogens with zero attached hydrogens (tertiary/aromatic N) is 2. The number of piperidine rings is 1. The Morgan fingerprint density at radius 2 is 1.97 bits per heavy atom. The van der Waals surface area contributed by atoms with Gasteiger partial charge in [0, 0.05) is 41.2 Å². The first-order chi connectivity index (χ1) is 16.1. The predicted octanol–water partition coefficient (Wildman–Crippen LogP) is 4.75. The largest absolute Gasteiger partial charge is 0.326 e. The molecule has 0 radical (unpaired) electrons. The number of rotatable bonds is 5. The lowest BCUT2D eigenvalue weighted by Crippen LogP contribution is -2.44. The Hall–Kier alpha value is -1.94. The Labute approximate surface area is 213 Å². The first-order valence-electron chi connectivity index (χ1n) is 11.3. The van der Waals surface area contributed by atoms with Crippen molar-refractivity contribution in [1.82, 2.24) is 4.31 Å². The second kappa shape index (κ2) is 9.97. The zero-order valence-corrected chi connectivity index (χ0v) is 22.3. The Morgan fingerprint density at radius 3 is 2.68 bits per heavy atom. The molecule has 0 spiro atoms. The quantitative estimate of drug-likeness (QED) is 0.564. The van der Waals surface area contributed by atoms with Crippen LogP contribution in [0.15, 0.2) is 39.7 Å². The smallest absolute Gasteiger partial charge is 0.245 e. The number of hydrogen-bond acceptors (Lipinski definition) is 4. The molecule has 0 saturated carbocycles. The van der Waals surface area contributed by atoms with Gasteiger partial charge in [-0.1, -0.05) is 40.5 Å². The molecule has 0 aromatic heterocycles. The summed E-state index contributed by atoms with van der Waals surface area (Å²) in [5.41, 5.74) is 2.79. The number of fused-ring (bicyclic) bond motifs is 1. The van der Waals surface area contributed by atoms with Crippen LogP contribution in [0.2, 0.25) is 5.02 Å². The van der Waals surface area contributed by atoms with Crippen molar-refractivity contribution < 1.29 is 18.0 Å². The van der Waals surface area contributed by atoms with Crippen LogP contribution in [-0.4, -0.2) is 44.2 Å². The minimum atomic E-state index is -3.93. The van der Waals surface area contributed by atoms with Crippen LogP contribution < -0.4 is 10.2 Å². The van der Waals surface area contributed by atoms with Crippen molar-refractivity contribution in [3.05, 3.63) is 51.0 Å². The molecular weight excluding hydrogens is 542 g/mol. The Balaban J connectivity index is 1.59. The van der Waals surface area contributed by atoms with E-state index < -0.39 is 15.9 Å². The number of anilines is 2. The number of sulfonamides is 1. The second-order valence-electron chi connectivity index (χ2n) is 8.72. The summed E-state index contributed by atoms with van der Waals surface area (Å²) in [6.45, 7) is 4.52. The monoisotopic (exact) mass is 567 g/mol. The highest BCUT2D eigenvalue weighted by Crippen LogP contribution is 2.40. The molecule has 2 heterocycles. The molecule has 0 bridgehead atoms. The zero-order valence-electron chi connectivity index (χ0n) is 19.1. The highest BCUT2D eigenvalue weighted by molar-refractivity contribution is 9.10. The molecule has 2 aromatic carbocycles. The molecular formula is C24H27BrClN3O4S. The van der Waals surface area contributed by atoms with Gasteiger partial charge in [0.25, 0.3) is 0 Å². The Morgan fingerprint density at radius 1 is 1.21 bits per heavy atom. The summed E-state index contributed by atoms with van der Waals surface area (Å²) >= 11 is 9.59. The van der Waals surface area contributed by atoms with Gasteiger partial charge in [0.15, 0.2) is 0 Å². The third-order valence-electron chi connectivity index (χ3n) is 6.41. The fourth-order valence-corrected chi connectivity index (χ4v) is 7.16. The highest BCUT2D eigenvalue weighted by atomic mass is 79.9. The van der Waals surface area contributed by atoms with Gasteiger partial charge in [-0.3, -0.25) is 9.59 Å². The number of halogens is 2. The maximum atomic E-state index is 13.8. The van der Waals surface area contributed by atoms with Gasteiger partial charge in [-0.15, -0.1) is 0 Å². The van der Waals surface area contributed by atoms with Crippen molar-refractivity contribution >= 4 is 60.7 Å². The summed E-state index contributed by atoms with van der Waals surface area (Å²) in [5.74, 6) is -0.829. The van der Waals surface area contributed by atoms with E-state index in [9.17, 15) is 18.0 Å². The van der Waals surface area contributed by atoms with Crippen molar-refractivity contribution in [2.24, 2.45) is 5.92 Å². The Kier molecular flexibility index (Phi) is 7.38. The molecule has 1 atom stereocenters. The normalized spacial score (nSPS) is 18.6. The van der Waals surface area contributed by atoms with Gasteiger partial charge in [0.05, 0.1) is 11.6 Å². The molecule has 4 rings (SSSR count). The molecule has 1 N–H and O–H groups in total. The van der Waals surface area contributed by atoms with E-state index in [-0.39, 0.29) is 23.3 Å². The summed E-state index contributed by atoms with van der Waals surface area (Å²) in [7, 11) is -3.93. The summed E-state index contributed by atoms with van der Waals surface area (Å²) in [4.78, 5) is 27.2. The lowest BCUT2D eigenvalue weighted by atomic mass is 9.98. The van der Waals surface area contributed by atoms with Crippen molar-refractivity contribution in [3.63, 3.8) is 0 Å². The van der Waals surface area contributed by atoms with Crippen molar-refractivity contribution in [1.29, 1.82) is 0 Å². The highest BCUT2D eigenvalue weighted by Gasteiger charge is 2.38. The molecule has 2 aliphatic rings. The average Bonchev–Trinajstić information content (AvgIpc) is 3.24. The van der Waals surface area contributed by atoms with E-state index in [0.717, 1.165) is 11.1 Å². The summed E-state index contributed by atoms with van der Waals surface area (Å²) in [6, 6.07) is 8.73. The molecule has 10 heteroatoms. The molecule has 1 unspecified atom stereocenters. The van der Waals surface area contributed by atoms with Gasteiger partial charge in [0.2, 0.25) is 21.8 Å². The third-order valence-corrected chi connectivity index (χ3v) is 9.15. The summed E-state index contributed by atoms with van der Waals surface area (Å²) in [5, 5.41) is 3.42. The zero-order chi connectivity index (χ0) is 24.6. The third kappa shape index (κ3) is 4.89. The number of nitrogens with one attached hydrogen (secondary N) is 1. The van der Waals surface area contributed by atoms with Crippen LogP contribution in [0.25, 0.3) is 0 Å². The lowest BCUT2D eigenvalue weighted by molar-refractivity contribution is -0.121. The van der Waals surface area contributed by atoms with Gasteiger partial charge < -0.3 is 10.2 Å². The van der Waals surface area contributed by atoms with Gasteiger partial charge in [-0.2, -0.15) is 4.31 Å². The maximum absolute atomic E-state index is 13.8. The number of aryl methyl sites for hydroxylation is 1. The first kappa shape index (κ1) is 25.2. The van der Waals surface area contributed by atoms with Crippen molar-refractivity contribution in [2.45, 2.75) is 44.4 Å². The number of carbonyl (C=O) groups excluding carboxylic acids is 2. The predicted molar refractivity (Wildman–Crippen MR) is 137 cm³/mol. The number of hydrogen-bond donors (Lipinski definition) is 1. The van der Waals surface area contributed by atoms with Crippen LogP contribution in [0.4, 0.5) is 11.4 Å². The lowest BCUT2D eigenvalue weighted by Gasteiger charge is -2.32. The van der Waals surface area contributed by atoms with Crippen LogP contribution >= 0.6 is 27.5 Å².